The molecule has 0 aliphatic carbocycles. The second-order valence-corrected chi connectivity index (χ2v) is 6.65. The Morgan fingerprint density at radius 1 is 1.46 bits per heavy atom. The van der Waals surface area contributed by atoms with Crippen LogP contribution in [0.25, 0.3) is 11.1 Å². The van der Waals surface area contributed by atoms with E-state index < -0.39 is 5.82 Å². The van der Waals surface area contributed by atoms with Crippen LogP contribution in [0.15, 0.2) is 24.5 Å². The molecule has 24 heavy (non-hydrogen) atoms. The number of rotatable bonds is 4. The molecule has 1 aliphatic heterocycles. The lowest BCUT2D eigenvalue weighted by atomic mass is 9.99. The highest BCUT2D eigenvalue weighted by Crippen LogP contribution is 2.31. The highest BCUT2D eigenvalue weighted by Gasteiger charge is 2.24. The molecule has 126 valence electrons. The number of benzene rings is 1. The van der Waals surface area contributed by atoms with Gasteiger partial charge in [-0.1, -0.05) is 13.8 Å². The zero-order valence-corrected chi connectivity index (χ0v) is 14.0. The normalized spacial score (nSPS) is 18.0. The molecule has 1 aliphatic rings. The molecular formula is C18H22FN5. The van der Waals surface area contributed by atoms with Crippen molar-refractivity contribution in [1.82, 2.24) is 15.5 Å². The number of anilines is 1. The summed E-state index contributed by atoms with van der Waals surface area (Å²) in [6.07, 6.45) is 4.25. The summed E-state index contributed by atoms with van der Waals surface area (Å²) in [7, 11) is 0. The largest absolute Gasteiger partial charge is 0.368 e. The summed E-state index contributed by atoms with van der Waals surface area (Å²) in [6.45, 7) is 6.79. The van der Waals surface area contributed by atoms with Crippen molar-refractivity contribution in [3.8, 4) is 17.2 Å². The molecular weight excluding hydrogens is 305 g/mol. The molecule has 0 saturated carbocycles. The molecule has 6 heteroatoms. The third-order valence-corrected chi connectivity index (χ3v) is 4.39. The Morgan fingerprint density at radius 3 is 2.96 bits per heavy atom. The van der Waals surface area contributed by atoms with E-state index in [2.05, 4.69) is 40.3 Å². The van der Waals surface area contributed by atoms with Crippen LogP contribution in [0.1, 0.15) is 25.8 Å². The number of piperazine rings is 1. The second-order valence-electron chi connectivity index (χ2n) is 6.65. The van der Waals surface area contributed by atoms with Crippen LogP contribution >= 0.6 is 0 Å². The molecule has 5 nitrogen and oxygen atoms in total. The fourth-order valence-corrected chi connectivity index (χ4v) is 3.33. The summed E-state index contributed by atoms with van der Waals surface area (Å²) in [4.78, 5) is 2.12. The van der Waals surface area contributed by atoms with Crippen LogP contribution < -0.4 is 10.2 Å². The van der Waals surface area contributed by atoms with E-state index in [1.54, 1.807) is 18.5 Å². The molecule has 1 fully saturated rings. The van der Waals surface area contributed by atoms with Crippen LogP contribution in [0, 0.1) is 23.1 Å². The molecule has 0 radical (unpaired) electrons. The van der Waals surface area contributed by atoms with E-state index in [1.807, 2.05) is 6.07 Å². The Kier molecular flexibility index (Phi) is 4.81. The lowest BCUT2D eigenvalue weighted by Crippen LogP contribution is -2.51. The first kappa shape index (κ1) is 16.5. The molecule has 3 rings (SSSR count). The summed E-state index contributed by atoms with van der Waals surface area (Å²) in [5, 5.41) is 19.5. The van der Waals surface area contributed by atoms with Gasteiger partial charge in [-0.2, -0.15) is 10.4 Å². The average molecular weight is 327 g/mol. The van der Waals surface area contributed by atoms with Crippen molar-refractivity contribution >= 4 is 5.69 Å². The van der Waals surface area contributed by atoms with Crippen molar-refractivity contribution in [2.24, 2.45) is 5.92 Å². The molecule has 1 aromatic heterocycles. The maximum absolute atomic E-state index is 14.9. The molecule has 1 aromatic carbocycles. The fourth-order valence-electron chi connectivity index (χ4n) is 3.33. The van der Waals surface area contributed by atoms with Crippen molar-refractivity contribution in [3.05, 3.63) is 35.9 Å². The van der Waals surface area contributed by atoms with Crippen LogP contribution in [0.5, 0.6) is 0 Å². The molecule has 0 spiro atoms. The molecule has 1 atom stereocenters. The number of halogens is 1. The molecule has 0 bridgehead atoms. The van der Waals surface area contributed by atoms with E-state index in [-0.39, 0.29) is 5.56 Å². The summed E-state index contributed by atoms with van der Waals surface area (Å²) < 4.78 is 14.9. The zero-order valence-electron chi connectivity index (χ0n) is 14.0. The third kappa shape index (κ3) is 3.26. The van der Waals surface area contributed by atoms with Gasteiger partial charge in [0, 0.05) is 43.0 Å². The van der Waals surface area contributed by atoms with Crippen LogP contribution in [0.3, 0.4) is 0 Å². The molecule has 2 heterocycles. The first-order valence-electron chi connectivity index (χ1n) is 8.30. The van der Waals surface area contributed by atoms with Gasteiger partial charge in [-0.25, -0.2) is 4.39 Å². The van der Waals surface area contributed by atoms with E-state index in [1.165, 1.54) is 0 Å². The quantitative estimate of drug-likeness (QED) is 0.906. The number of hydrogen-bond donors (Lipinski definition) is 2. The number of aromatic amines is 1. The first-order valence-corrected chi connectivity index (χ1v) is 8.30. The van der Waals surface area contributed by atoms with Gasteiger partial charge in [0.25, 0.3) is 0 Å². The van der Waals surface area contributed by atoms with E-state index in [0.29, 0.717) is 28.8 Å². The Morgan fingerprint density at radius 2 is 2.29 bits per heavy atom. The van der Waals surface area contributed by atoms with Gasteiger partial charge in [0.15, 0.2) is 5.82 Å². The molecule has 0 amide bonds. The van der Waals surface area contributed by atoms with Crippen molar-refractivity contribution in [3.63, 3.8) is 0 Å². The fraction of sp³-hybridized carbons (Fsp3) is 0.444. The number of hydrogen-bond acceptors (Lipinski definition) is 4. The summed E-state index contributed by atoms with van der Waals surface area (Å²) in [5.41, 5.74) is 1.84. The van der Waals surface area contributed by atoms with Crippen LogP contribution in [0.2, 0.25) is 0 Å². The predicted molar refractivity (Wildman–Crippen MR) is 92.2 cm³/mol. The Bertz CT molecular complexity index is 733. The van der Waals surface area contributed by atoms with Gasteiger partial charge >= 0.3 is 0 Å². The van der Waals surface area contributed by atoms with E-state index >= 15 is 0 Å². The Balaban J connectivity index is 1.91. The van der Waals surface area contributed by atoms with Crippen molar-refractivity contribution < 1.29 is 4.39 Å². The summed E-state index contributed by atoms with van der Waals surface area (Å²) in [5.74, 6) is 0.119. The monoisotopic (exact) mass is 327 g/mol. The topological polar surface area (TPSA) is 67.7 Å². The van der Waals surface area contributed by atoms with Gasteiger partial charge in [-0.3, -0.25) is 5.10 Å². The SMILES string of the molecule is CC(C)CC1CN(c2ccc(-c3cn[nH]c3)c(F)c2C#N)CCN1. The summed E-state index contributed by atoms with van der Waals surface area (Å²) in [6, 6.07) is 6.00. The maximum Gasteiger partial charge on any atom is 0.151 e. The molecule has 1 unspecified atom stereocenters. The minimum absolute atomic E-state index is 0.110. The molecule has 2 aromatic rings. The minimum atomic E-state index is -0.477. The lowest BCUT2D eigenvalue weighted by Gasteiger charge is -2.36. The smallest absolute Gasteiger partial charge is 0.151 e. The van der Waals surface area contributed by atoms with Crippen molar-refractivity contribution in [1.29, 1.82) is 5.26 Å². The Hall–Kier alpha value is -2.39. The third-order valence-electron chi connectivity index (χ3n) is 4.39. The molecule has 2 N–H and O–H groups in total. The van der Waals surface area contributed by atoms with Gasteiger partial charge in [0.1, 0.15) is 11.6 Å². The Labute approximate surface area is 141 Å². The lowest BCUT2D eigenvalue weighted by molar-refractivity contribution is 0.388. The van der Waals surface area contributed by atoms with Crippen LogP contribution in [0.4, 0.5) is 10.1 Å². The average Bonchev–Trinajstić information content (AvgIpc) is 3.08. The van der Waals surface area contributed by atoms with E-state index in [4.69, 9.17) is 0 Å². The number of aromatic nitrogens is 2. The van der Waals surface area contributed by atoms with Crippen molar-refractivity contribution in [2.75, 3.05) is 24.5 Å². The number of nitrogens with one attached hydrogen (secondary N) is 2. The predicted octanol–water partition coefficient (Wildman–Crippen LogP) is 2.91. The summed E-state index contributed by atoms with van der Waals surface area (Å²) >= 11 is 0. The zero-order chi connectivity index (χ0) is 17.1. The standard InChI is InChI=1S/C18H22FN5/c1-12(2)7-14-11-24(6-5-21-14)17-4-3-15(13-9-22-23-10-13)18(19)16(17)8-20/h3-4,9-10,12,14,21H,5-7,11H2,1-2H3,(H,22,23). The van der Waals surface area contributed by atoms with Gasteiger partial charge in [-0.15, -0.1) is 0 Å². The minimum Gasteiger partial charge on any atom is -0.368 e. The van der Waals surface area contributed by atoms with Crippen LogP contribution in [-0.2, 0) is 0 Å². The van der Waals surface area contributed by atoms with Crippen molar-refractivity contribution in [2.45, 2.75) is 26.3 Å². The van der Waals surface area contributed by atoms with Gasteiger partial charge in [0.05, 0.1) is 11.9 Å². The second kappa shape index (κ2) is 7.02. The van der Waals surface area contributed by atoms with Gasteiger partial charge in [0.2, 0.25) is 0 Å². The van der Waals surface area contributed by atoms with E-state index in [9.17, 15) is 9.65 Å². The maximum atomic E-state index is 14.9. The highest BCUT2D eigenvalue weighted by atomic mass is 19.1. The van der Waals surface area contributed by atoms with Gasteiger partial charge in [-0.05, 0) is 24.5 Å². The number of nitriles is 1. The van der Waals surface area contributed by atoms with Gasteiger partial charge < -0.3 is 10.2 Å². The number of H-pyrrole nitrogens is 1. The molecule has 1 saturated heterocycles. The first-order chi connectivity index (χ1) is 11.6. The van der Waals surface area contributed by atoms with Crippen LogP contribution in [-0.4, -0.2) is 35.9 Å². The highest BCUT2D eigenvalue weighted by molar-refractivity contribution is 5.72. The number of nitrogens with zero attached hydrogens (tertiary/aromatic N) is 3. The van der Waals surface area contributed by atoms with E-state index in [0.717, 1.165) is 26.1 Å².